The lowest BCUT2D eigenvalue weighted by Gasteiger charge is -2.48. The Kier molecular flexibility index (Phi) is 8.23. The Hall–Kier alpha value is -0.0800. The summed E-state index contributed by atoms with van der Waals surface area (Å²) < 4.78 is 0. The molecule has 4 fully saturated rings. The molecule has 0 aliphatic heterocycles. The van der Waals surface area contributed by atoms with E-state index in [1.807, 2.05) is 0 Å². The summed E-state index contributed by atoms with van der Waals surface area (Å²) in [5.41, 5.74) is 0. The maximum absolute atomic E-state index is 11.3. The highest BCUT2D eigenvalue weighted by Crippen LogP contribution is 2.49. The van der Waals surface area contributed by atoms with Crippen LogP contribution in [0, 0.1) is 47.3 Å². The first-order valence-corrected chi connectivity index (χ1v) is 13.9. The lowest BCUT2D eigenvalue weighted by Crippen LogP contribution is -2.46. The molecule has 4 aliphatic carbocycles. The van der Waals surface area contributed by atoms with Crippen molar-refractivity contribution in [1.29, 1.82) is 0 Å². The Morgan fingerprint density at radius 2 is 0.900 bits per heavy atom. The fraction of sp³-hybridized carbons (Fsp3) is 1.00. The van der Waals surface area contributed by atoms with E-state index in [1.54, 1.807) is 0 Å². The monoisotopic (exact) mass is 418 g/mol. The second kappa shape index (κ2) is 10.7. The molecule has 0 aromatic heterocycles. The van der Waals surface area contributed by atoms with Crippen LogP contribution in [0.4, 0.5) is 0 Å². The lowest BCUT2D eigenvalue weighted by molar-refractivity contribution is -0.0742. The highest BCUT2D eigenvalue weighted by Gasteiger charge is 2.45. The first kappa shape index (κ1) is 23.1. The molecule has 30 heavy (non-hydrogen) atoms. The van der Waals surface area contributed by atoms with Gasteiger partial charge in [-0.3, -0.25) is 0 Å². The van der Waals surface area contributed by atoms with E-state index < -0.39 is 0 Å². The molecule has 0 saturated heterocycles. The molecule has 0 amide bonds. The first-order valence-electron chi connectivity index (χ1n) is 13.9. The standard InChI is InChI=1S/C28H50O2/c1-19(2)28(24-15-13-22(17-26(24)29)20-9-5-3-6-10-20)25-16-14-23(18-27(25)30)21-11-7-4-8-12-21/h19-30H,3-18H2,1-2H3. The molecule has 0 bridgehead atoms. The Balaban J connectivity index is 1.36. The minimum absolute atomic E-state index is 0.138. The molecule has 4 saturated carbocycles. The predicted molar refractivity (Wildman–Crippen MR) is 125 cm³/mol. The molecule has 6 atom stereocenters. The van der Waals surface area contributed by atoms with Gasteiger partial charge in [0.05, 0.1) is 12.2 Å². The SMILES string of the molecule is CC(C)C(C1CCC(C2CCCCC2)CC1O)C1CCC(C2CCCCC2)CC1O. The van der Waals surface area contributed by atoms with E-state index in [9.17, 15) is 10.2 Å². The number of aliphatic hydroxyl groups excluding tert-OH is 2. The van der Waals surface area contributed by atoms with Gasteiger partial charge in [-0.05, 0) is 85.9 Å². The first-order chi connectivity index (χ1) is 14.5. The second-order valence-corrected chi connectivity index (χ2v) is 12.2. The number of rotatable bonds is 5. The van der Waals surface area contributed by atoms with Crippen molar-refractivity contribution in [2.45, 2.75) is 129 Å². The molecule has 4 aliphatic rings. The van der Waals surface area contributed by atoms with Gasteiger partial charge in [-0.25, -0.2) is 0 Å². The molecule has 4 rings (SSSR count). The van der Waals surface area contributed by atoms with E-state index in [0.29, 0.717) is 23.7 Å². The Labute approximate surface area is 186 Å². The molecule has 6 unspecified atom stereocenters. The number of hydrogen-bond donors (Lipinski definition) is 2. The van der Waals surface area contributed by atoms with Crippen LogP contribution in [0.1, 0.15) is 117 Å². The van der Waals surface area contributed by atoms with Crippen LogP contribution < -0.4 is 0 Å². The normalized spacial score (nSPS) is 41.1. The van der Waals surface area contributed by atoms with Gasteiger partial charge < -0.3 is 10.2 Å². The van der Waals surface area contributed by atoms with Gasteiger partial charge in [0.1, 0.15) is 0 Å². The zero-order valence-electron chi connectivity index (χ0n) is 20.0. The van der Waals surface area contributed by atoms with Gasteiger partial charge in [-0.2, -0.15) is 0 Å². The van der Waals surface area contributed by atoms with E-state index in [-0.39, 0.29) is 12.2 Å². The van der Waals surface area contributed by atoms with Crippen LogP contribution in [0.2, 0.25) is 0 Å². The fourth-order valence-electron chi connectivity index (χ4n) is 8.68. The van der Waals surface area contributed by atoms with Crippen LogP contribution in [0.5, 0.6) is 0 Å². The van der Waals surface area contributed by atoms with Crippen molar-refractivity contribution in [1.82, 2.24) is 0 Å². The maximum Gasteiger partial charge on any atom is 0.0574 e. The van der Waals surface area contributed by atoms with Crippen molar-refractivity contribution >= 4 is 0 Å². The van der Waals surface area contributed by atoms with Crippen molar-refractivity contribution in [3.8, 4) is 0 Å². The Morgan fingerprint density at radius 1 is 0.500 bits per heavy atom. The smallest absolute Gasteiger partial charge is 0.0574 e. The molecule has 2 nitrogen and oxygen atoms in total. The summed E-state index contributed by atoms with van der Waals surface area (Å²) in [4.78, 5) is 0. The summed E-state index contributed by atoms with van der Waals surface area (Å²) in [6.07, 6.45) is 20.9. The molecule has 174 valence electrons. The third kappa shape index (κ3) is 5.28. The highest BCUT2D eigenvalue weighted by molar-refractivity contribution is 4.95. The molecular formula is C28H50O2. The van der Waals surface area contributed by atoms with E-state index in [2.05, 4.69) is 13.8 Å². The summed E-state index contributed by atoms with van der Waals surface area (Å²) >= 11 is 0. The zero-order chi connectivity index (χ0) is 21.1. The number of aliphatic hydroxyl groups is 2. The van der Waals surface area contributed by atoms with Gasteiger partial charge >= 0.3 is 0 Å². The predicted octanol–water partition coefficient (Wildman–Crippen LogP) is 6.97. The topological polar surface area (TPSA) is 40.5 Å². The van der Waals surface area contributed by atoms with Crippen LogP contribution in [0.15, 0.2) is 0 Å². The van der Waals surface area contributed by atoms with Crippen LogP contribution >= 0.6 is 0 Å². The van der Waals surface area contributed by atoms with Crippen LogP contribution in [-0.2, 0) is 0 Å². The van der Waals surface area contributed by atoms with Gasteiger partial charge in [0, 0.05) is 0 Å². The number of hydrogen-bond acceptors (Lipinski definition) is 2. The van der Waals surface area contributed by atoms with Gasteiger partial charge in [0.15, 0.2) is 0 Å². The summed E-state index contributed by atoms with van der Waals surface area (Å²) in [5.74, 6) is 5.15. The molecule has 0 radical (unpaired) electrons. The van der Waals surface area contributed by atoms with E-state index in [1.165, 1.54) is 89.9 Å². The molecule has 0 aromatic rings. The minimum atomic E-state index is -0.138. The molecule has 2 N–H and O–H groups in total. The van der Waals surface area contributed by atoms with Crippen LogP contribution in [0.25, 0.3) is 0 Å². The van der Waals surface area contributed by atoms with Gasteiger partial charge in [0.25, 0.3) is 0 Å². The van der Waals surface area contributed by atoms with Crippen molar-refractivity contribution in [2.24, 2.45) is 47.3 Å². The maximum atomic E-state index is 11.3. The average Bonchev–Trinajstić information content (AvgIpc) is 2.77. The average molecular weight is 419 g/mol. The second-order valence-electron chi connectivity index (χ2n) is 12.2. The lowest BCUT2D eigenvalue weighted by atomic mass is 9.59. The molecule has 0 aromatic carbocycles. The van der Waals surface area contributed by atoms with E-state index in [4.69, 9.17) is 0 Å². The fourth-order valence-corrected chi connectivity index (χ4v) is 8.68. The Morgan fingerprint density at radius 3 is 1.23 bits per heavy atom. The Bertz CT molecular complexity index is 463. The molecular weight excluding hydrogens is 368 g/mol. The third-order valence-electron chi connectivity index (χ3n) is 10.2. The van der Waals surface area contributed by atoms with Crippen LogP contribution in [0.3, 0.4) is 0 Å². The summed E-state index contributed by atoms with van der Waals surface area (Å²) in [6.45, 7) is 4.70. The molecule has 2 heteroatoms. The van der Waals surface area contributed by atoms with Crippen molar-refractivity contribution in [2.75, 3.05) is 0 Å². The van der Waals surface area contributed by atoms with Crippen molar-refractivity contribution < 1.29 is 10.2 Å². The summed E-state index contributed by atoms with van der Waals surface area (Å²) in [7, 11) is 0. The van der Waals surface area contributed by atoms with Crippen molar-refractivity contribution in [3.05, 3.63) is 0 Å². The minimum Gasteiger partial charge on any atom is -0.393 e. The van der Waals surface area contributed by atoms with E-state index in [0.717, 1.165) is 36.5 Å². The third-order valence-corrected chi connectivity index (χ3v) is 10.2. The van der Waals surface area contributed by atoms with E-state index >= 15 is 0 Å². The van der Waals surface area contributed by atoms with Gasteiger partial charge in [-0.1, -0.05) is 78.1 Å². The summed E-state index contributed by atoms with van der Waals surface area (Å²) in [5, 5.41) is 22.6. The van der Waals surface area contributed by atoms with Crippen molar-refractivity contribution in [3.63, 3.8) is 0 Å². The largest absolute Gasteiger partial charge is 0.393 e. The molecule has 0 heterocycles. The highest BCUT2D eigenvalue weighted by atomic mass is 16.3. The zero-order valence-corrected chi connectivity index (χ0v) is 20.0. The summed E-state index contributed by atoms with van der Waals surface area (Å²) in [6, 6.07) is 0. The van der Waals surface area contributed by atoms with Gasteiger partial charge in [-0.15, -0.1) is 0 Å². The van der Waals surface area contributed by atoms with Crippen LogP contribution in [-0.4, -0.2) is 22.4 Å². The molecule has 0 spiro atoms. The quantitative estimate of drug-likeness (QED) is 0.506. The van der Waals surface area contributed by atoms with Gasteiger partial charge in [0.2, 0.25) is 0 Å².